The van der Waals surface area contributed by atoms with Crippen molar-refractivity contribution in [3.63, 3.8) is 0 Å². The molecular weight excluding hydrogens is 318 g/mol. The van der Waals surface area contributed by atoms with Gasteiger partial charge in [-0.15, -0.1) is 11.3 Å². The van der Waals surface area contributed by atoms with Gasteiger partial charge < -0.3 is 5.32 Å². The highest BCUT2D eigenvalue weighted by molar-refractivity contribution is 9.10. The van der Waals surface area contributed by atoms with E-state index in [4.69, 9.17) is 0 Å². The molecule has 0 aliphatic heterocycles. The molecule has 1 heterocycles. The quantitative estimate of drug-likeness (QED) is 0.818. The first kappa shape index (κ1) is 13.3. The zero-order valence-corrected chi connectivity index (χ0v) is 13.4. The molecule has 1 aliphatic carbocycles. The van der Waals surface area contributed by atoms with Crippen LogP contribution in [-0.4, -0.2) is 6.04 Å². The minimum Gasteiger partial charge on any atom is -0.307 e. The highest BCUT2D eigenvalue weighted by Gasteiger charge is 2.32. The van der Waals surface area contributed by atoms with Crippen LogP contribution in [0.4, 0.5) is 0 Å². The maximum atomic E-state index is 3.73. The van der Waals surface area contributed by atoms with Gasteiger partial charge in [0.05, 0.1) is 0 Å². The number of hydrogen-bond acceptors (Lipinski definition) is 2. The van der Waals surface area contributed by atoms with Gasteiger partial charge in [-0.1, -0.05) is 40.2 Å². The monoisotopic (exact) mass is 335 g/mol. The average molecular weight is 336 g/mol. The van der Waals surface area contributed by atoms with Crippen LogP contribution in [0, 0.1) is 0 Å². The first-order valence-corrected chi connectivity index (χ1v) is 8.45. The third kappa shape index (κ3) is 2.93. The minimum absolute atomic E-state index is 0.477. The summed E-state index contributed by atoms with van der Waals surface area (Å²) in [6, 6.07) is 14.1. The molecule has 3 heteroatoms. The van der Waals surface area contributed by atoms with Gasteiger partial charge in [-0.05, 0) is 48.8 Å². The zero-order valence-electron chi connectivity index (χ0n) is 11.0. The van der Waals surface area contributed by atoms with Gasteiger partial charge in [-0.25, -0.2) is 0 Å². The Kier molecular flexibility index (Phi) is 4.06. The molecule has 1 aliphatic rings. The second-order valence-corrected chi connectivity index (χ2v) is 7.12. The Morgan fingerprint density at radius 1 is 1.21 bits per heavy atom. The maximum absolute atomic E-state index is 3.73. The zero-order chi connectivity index (χ0) is 13.2. The Hall–Kier alpha value is -0.640. The molecule has 1 N–H and O–H groups in total. The lowest BCUT2D eigenvalue weighted by Crippen LogP contribution is -2.41. The predicted molar refractivity (Wildman–Crippen MR) is 85.8 cm³/mol. The standard InChI is InChI=1S/C16H18BrNS/c1-11(16-7-4-8-19-16)18-13-9-12(10-13)14-5-2-3-6-15(14)17/h2-8,11-13,18H,9-10H2,1H3. The van der Waals surface area contributed by atoms with E-state index < -0.39 is 0 Å². The lowest BCUT2D eigenvalue weighted by atomic mass is 9.75. The molecule has 3 rings (SSSR count). The van der Waals surface area contributed by atoms with Crippen LogP contribution in [0.1, 0.15) is 42.2 Å². The first-order chi connectivity index (χ1) is 9.24. The number of benzene rings is 1. The predicted octanol–water partition coefficient (Wildman–Crippen LogP) is 5.11. The summed E-state index contributed by atoms with van der Waals surface area (Å²) in [7, 11) is 0. The number of nitrogens with one attached hydrogen (secondary N) is 1. The lowest BCUT2D eigenvalue weighted by Gasteiger charge is -2.38. The van der Waals surface area contributed by atoms with Gasteiger partial charge in [0, 0.05) is 21.4 Å². The smallest absolute Gasteiger partial charge is 0.0388 e. The summed E-state index contributed by atoms with van der Waals surface area (Å²) in [6.07, 6.45) is 2.50. The molecule has 19 heavy (non-hydrogen) atoms. The molecule has 1 aromatic heterocycles. The minimum atomic E-state index is 0.477. The molecule has 1 saturated carbocycles. The molecule has 0 radical (unpaired) electrons. The Morgan fingerprint density at radius 2 is 2.00 bits per heavy atom. The fourth-order valence-electron chi connectivity index (χ4n) is 2.79. The van der Waals surface area contributed by atoms with Crippen molar-refractivity contribution in [2.24, 2.45) is 0 Å². The van der Waals surface area contributed by atoms with Crippen molar-refractivity contribution in [3.05, 3.63) is 56.7 Å². The highest BCUT2D eigenvalue weighted by Crippen LogP contribution is 2.40. The highest BCUT2D eigenvalue weighted by atomic mass is 79.9. The van der Waals surface area contributed by atoms with E-state index in [-0.39, 0.29) is 0 Å². The number of rotatable bonds is 4. The molecule has 1 atom stereocenters. The molecule has 100 valence electrons. The molecule has 0 saturated heterocycles. The SMILES string of the molecule is CC(NC1CC(c2ccccc2Br)C1)c1cccs1. The van der Waals surface area contributed by atoms with E-state index in [2.05, 4.69) is 69.9 Å². The third-order valence-corrected chi connectivity index (χ3v) is 5.72. The van der Waals surface area contributed by atoms with Crippen LogP contribution in [0.5, 0.6) is 0 Å². The Labute approximate surface area is 127 Å². The molecule has 1 aromatic carbocycles. The van der Waals surface area contributed by atoms with Crippen molar-refractivity contribution >= 4 is 27.3 Å². The molecular formula is C16H18BrNS. The number of thiophene rings is 1. The van der Waals surface area contributed by atoms with E-state index in [0.717, 1.165) is 0 Å². The van der Waals surface area contributed by atoms with Crippen molar-refractivity contribution in [1.29, 1.82) is 0 Å². The summed E-state index contributed by atoms with van der Waals surface area (Å²) >= 11 is 5.49. The van der Waals surface area contributed by atoms with Crippen LogP contribution in [-0.2, 0) is 0 Å². The van der Waals surface area contributed by atoms with Gasteiger partial charge in [0.2, 0.25) is 0 Å². The van der Waals surface area contributed by atoms with Crippen LogP contribution in [0.25, 0.3) is 0 Å². The normalized spacial score (nSPS) is 23.9. The Balaban J connectivity index is 1.55. The van der Waals surface area contributed by atoms with E-state index in [1.165, 1.54) is 27.8 Å². The van der Waals surface area contributed by atoms with Crippen molar-refractivity contribution < 1.29 is 0 Å². The molecule has 0 bridgehead atoms. The molecule has 0 amide bonds. The summed E-state index contributed by atoms with van der Waals surface area (Å²) in [5.74, 6) is 0.712. The summed E-state index contributed by atoms with van der Waals surface area (Å²) in [4.78, 5) is 1.43. The van der Waals surface area contributed by atoms with Gasteiger partial charge >= 0.3 is 0 Å². The molecule has 2 aromatic rings. The third-order valence-electron chi connectivity index (χ3n) is 3.94. The molecule has 1 nitrogen and oxygen atoms in total. The Bertz CT molecular complexity index is 531. The topological polar surface area (TPSA) is 12.0 Å². The number of hydrogen-bond donors (Lipinski definition) is 1. The van der Waals surface area contributed by atoms with Crippen LogP contribution >= 0.6 is 27.3 Å². The molecule has 0 spiro atoms. The second kappa shape index (κ2) is 5.78. The van der Waals surface area contributed by atoms with E-state index in [1.807, 2.05) is 11.3 Å². The first-order valence-electron chi connectivity index (χ1n) is 6.78. The second-order valence-electron chi connectivity index (χ2n) is 5.29. The summed E-state index contributed by atoms with van der Waals surface area (Å²) in [6.45, 7) is 2.26. The largest absolute Gasteiger partial charge is 0.307 e. The van der Waals surface area contributed by atoms with Gasteiger partial charge in [0.15, 0.2) is 0 Å². The van der Waals surface area contributed by atoms with E-state index in [9.17, 15) is 0 Å². The van der Waals surface area contributed by atoms with Gasteiger partial charge in [0.25, 0.3) is 0 Å². The average Bonchev–Trinajstić information content (AvgIpc) is 2.88. The van der Waals surface area contributed by atoms with E-state index in [0.29, 0.717) is 18.0 Å². The maximum Gasteiger partial charge on any atom is 0.0388 e. The van der Waals surface area contributed by atoms with Crippen molar-refractivity contribution in [3.8, 4) is 0 Å². The number of halogens is 1. The summed E-state index contributed by atoms with van der Waals surface area (Å²) in [5, 5.41) is 5.88. The van der Waals surface area contributed by atoms with Crippen molar-refractivity contribution in [2.45, 2.75) is 37.8 Å². The summed E-state index contributed by atoms with van der Waals surface area (Å²) in [5.41, 5.74) is 1.46. The van der Waals surface area contributed by atoms with Gasteiger partial charge in [-0.3, -0.25) is 0 Å². The van der Waals surface area contributed by atoms with Crippen LogP contribution < -0.4 is 5.32 Å². The molecule has 1 unspecified atom stereocenters. The van der Waals surface area contributed by atoms with Crippen molar-refractivity contribution in [2.75, 3.05) is 0 Å². The van der Waals surface area contributed by atoms with Gasteiger partial charge in [0.1, 0.15) is 0 Å². The Morgan fingerprint density at radius 3 is 2.68 bits per heavy atom. The van der Waals surface area contributed by atoms with Crippen LogP contribution in [0.3, 0.4) is 0 Å². The van der Waals surface area contributed by atoms with E-state index in [1.54, 1.807) is 0 Å². The molecule has 1 fully saturated rings. The lowest BCUT2D eigenvalue weighted by molar-refractivity contribution is 0.271. The van der Waals surface area contributed by atoms with Crippen molar-refractivity contribution in [1.82, 2.24) is 5.32 Å². The van der Waals surface area contributed by atoms with Crippen LogP contribution in [0.2, 0.25) is 0 Å². The van der Waals surface area contributed by atoms with E-state index >= 15 is 0 Å². The fraction of sp³-hybridized carbons (Fsp3) is 0.375. The van der Waals surface area contributed by atoms with Crippen LogP contribution in [0.15, 0.2) is 46.3 Å². The van der Waals surface area contributed by atoms with Gasteiger partial charge in [-0.2, -0.15) is 0 Å². The fourth-order valence-corrected chi connectivity index (χ4v) is 4.14. The summed E-state index contributed by atoms with van der Waals surface area (Å²) < 4.78 is 1.25.